The maximum Gasteiger partial charge on any atom is 0.269 e. The average Bonchev–Trinajstić information content (AvgIpc) is 3.23. The monoisotopic (exact) mass is 429 g/mol. The highest BCUT2D eigenvalue weighted by atomic mass is 16.3. The zero-order valence-electron chi connectivity index (χ0n) is 18.0. The molecule has 1 aliphatic carbocycles. The van der Waals surface area contributed by atoms with Crippen molar-refractivity contribution in [1.82, 2.24) is 19.3 Å². The van der Waals surface area contributed by atoms with Gasteiger partial charge in [-0.1, -0.05) is 24.0 Å². The molecular formula is C24H23N5O3. The quantitative estimate of drug-likeness (QED) is 0.550. The van der Waals surface area contributed by atoms with Crippen molar-refractivity contribution in [3.63, 3.8) is 0 Å². The lowest BCUT2D eigenvalue weighted by Crippen LogP contribution is -2.22. The molecule has 8 nitrogen and oxygen atoms in total. The number of allylic oxidation sites excluding steroid dienone is 2. The fourth-order valence-corrected chi connectivity index (χ4v) is 4.31. The average molecular weight is 429 g/mol. The smallest absolute Gasteiger partial charge is 0.269 e. The van der Waals surface area contributed by atoms with E-state index < -0.39 is 17.6 Å². The van der Waals surface area contributed by atoms with Gasteiger partial charge in [0.2, 0.25) is 0 Å². The first-order valence-corrected chi connectivity index (χ1v) is 10.3. The van der Waals surface area contributed by atoms with E-state index in [1.807, 2.05) is 22.8 Å². The number of primary amides is 1. The third-order valence-corrected chi connectivity index (χ3v) is 5.85. The molecular weight excluding hydrogens is 406 g/mol. The number of rotatable bonds is 3. The summed E-state index contributed by atoms with van der Waals surface area (Å²) in [4.78, 5) is 17.0. The van der Waals surface area contributed by atoms with Gasteiger partial charge in [-0.05, 0) is 49.6 Å². The number of aryl methyl sites for hydroxylation is 1. The van der Waals surface area contributed by atoms with E-state index in [-0.39, 0.29) is 11.7 Å². The summed E-state index contributed by atoms with van der Waals surface area (Å²) in [5, 5.41) is 25.3. The molecule has 8 heteroatoms. The maximum atomic E-state index is 12.3. The molecule has 0 fully saturated rings. The standard InChI is InChI=1S/C24H23N5O3/c1-24(2,32)8-6-13-4-5-16-14-11-15(12-14)29-20(21(30)18-7-9-26-28(18)3)19(22(25)31)27-23(29)17(16)10-13/h4-5,7,9-11,15,21,30,32H,12H2,1-3H3,(H2,25,31). The van der Waals surface area contributed by atoms with Gasteiger partial charge < -0.3 is 20.5 Å². The van der Waals surface area contributed by atoms with E-state index in [1.54, 1.807) is 37.8 Å². The van der Waals surface area contributed by atoms with Crippen LogP contribution in [0.1, 0.15) is 65.4 Å². The van der Waals surface area contributed by atoms with Crippen molar-refractivity contribution in [3.05, 3.63) is 64.7 Å². The van der Waals surface area contributed by atoms with Crippen LogP contribution >= 0.6 is 0 Å². The van der Waals surface area contributed by atoms with Crippen LogP contribution in [0.4, 0.5) is 0 Å². The van der Waals surface area contributed by atoms with Gasteiger partial charge in [-0.15, -0.1) is 0 Å². The SMILES string of the molecule is Cn1nccc1C(O)c1c(C(N)=O)nc2n1C1C=C(C1)c1ccc(C#CC(C)(C)O)cc1-2. The number of benzene rings is 1. The second-order valence-corrected chi connectivity index (χ2v) is 8.72. The lowest BCUT2D eigenvalue weighted by Gasteiger charge is -2.27. The molecule has 0 saturated heterocycles. The molecule has 2 unspecified atom stereocenters. The molecule has 2 aliphatic heterocycles. The Morgan fingerprint density at radius 1 is 1.31 bits per heavy atom. The van der Waals surface area contributed by atoms with Crippen LogP contribution in [0.15, 0.2) is 36.5 Å². The number of carbonyl (C=O) groups is 1. The summed E-state index contributed by atoms with van der Waals surface area (Å²) in [6.07, 6.45) is 3.34. The van der Waals surface area contributed by atoms with E-state index in [2.05, 4.69) is 28.0 Å². The van der Waals surface area contributed by atoms with E-state index in [4.69, 9.17) is 5.73 Å². The minimum absolute atomic E-state index is 0.0383. The highest BCUT2D eigenvalue weighted by Crippen LogP contribution is 2.49. The van der Waals surface area contributed by atoms with Gasteiger partial charge in [0.05, 0.1) is 17.4 Å². The highest BCUT2D eigenvalue weighted by molar-refractivity contribution is 5.94. The normalized spacial score (nSPS) is 17.2. The largest absolute Gasteiger partial charge is 0.380 e. The van der Waals surface area contributed by atoms with Crippen LogP contribution in [0.3, 0.4) is 0 Å². The lowest BCUT2D eigenvalue weighted by molar-refractivity contribution is 0.0989. The summed E-state index contributed by atoms with van der Waals surface area (Å²) >= 11 is 0. The van der Waals surface area contributed by atoms with Gasteiger partial charge in [0, 0.05) is 24.4 Å². The van der Waals surface area contributed by atoms with Gasteiger partial charge in [-0.2, -0.15) is 5.10 Å². The fraction of sp³-hybridized carbons (Fsp3) is 0.292. The van der Waals surface area contributed by atoms with Crippen molar-refractivity contribution in [3.8, 4) is 23.2 Å². The predicted octanol–water partition coefficient (Wildman–Crippen LogP) is 1.93. The van der Waals surface area contributed by atoms with Crippen molar-refractivity contribution < 1.29 is 15.0 Å². The Balaban J connectivity index is 1.74. The molecule has 162 valence electrons. The van der Waals surface area contributed by atoms with E-state index in [9.17, 15) is 15.0 Å². The van der Waals surface area contributed by atoms with E-state index in [0.717, 1.165) is 23.1 Å². The summed E-state index contributed by atoms with van der Waals surface area (Å²) in [5.74, 6) is 5.68. The third kappa shape index (κ3) is 3.14. The molecule has 4 N–H and O–H groups in total. The molecule has 3 aliphatic rings. The number of aliphatic hydroxyl groups excluding tert-OH is 1. The highest BCUT2D eigenvalue weighted by Gasteiger charge is 2.38. The first kappa shape index (κ1) is 20.2. The molecule has 4 heterocycles. The van der Waals surface area contributed by atoms with Gasteiger partial charge in [-0.25, -0.2) is 4.98 Å². The minimum Gasteiger partial charge on any atom is -0.380 e. The Kier molecular flexibility index (Phi) is 4.38. The number of carbonyl (C=O) groups excluding carboxylic acids is 1. The Bertz CT molecular complexity index is 1360. The van der Waals surface area contributed by atoms with Crippen LogP contribution in [0.2, 0.25) is 0 Å². The molecule has 6 rings (SSSR count). The first-order chi connectivity index (χ1) is 15.1. The number of aromatic nitrogens is 4. The topological polar surface area (TPSA) is 119 Å². The van der Waals surface area contributed by atoms with Crippen LogP contribution < -0.4 is 5.73 Å². The first-order valence-electron chi connectivity index (χ1n) is 10.3. The number of aliphatic hydroxyl groups is 2. The molecule has 32 heavy (non-hydrogen) atoms. The Labute approximate surface area is 185 Å². The van der Waals surface area contributed by atoms with Gasteiger partial charge in [0.25, 0.3) is 5.91 Å². The molecule has 0 radical (unpaired) electrons. The molecule has 2 bridgehead atoms. The van der Waals surface area contributed by atoms with Crippen LogP contribution in [-0.4, -0.2) is 41.1 Å². The molecule has 1 aromatic carbocycles. The maximum absolute atomic E-state index is 12.3. The minimum atomic E-state index is -1.12. The molecule has 3 aromatic rings. The summed E-state index contributed by atoms with van der Waals surface area (Å²) < 4.78 is 3.46. The van der Waals surface area contributed by atoms with Gasteiger partial charge in [-0.3, -0.25) is 9.48 Å². The molecule has 2 aromatic heterocycles. The predicted molar refractivity (Wildman–Crippen MR) is 118 cm³/mol. The molecule has 2 atom stereocenters. The van der Waals surface area contributed by atoms with Crippen molar-refractivity contribution in [2.24, 2.45) is 12.8 Å². The summed E-state index contributed by atoms with van der Waals surface area (Å²) in [6, 6.07) is 7.45. The van der Waals surface area contributed by atoms with Gasteiger partial charge in [0.15, 0.2) is 5.69 Å². The summed E-state index contributed by atoms with van der Waals surface area (Å²) in [6.45, 7) is 3.25. The fourth-order valence-electron chi connectivity index (χ4n) is 4.31. The second-order valence-electron chi connectivity index (χ2n) is 8.72. The number of nitrogens with zero attached hydrogens (tertiary/aromatic N) is 4. The number of nitrogens with two attached hydrogens (primary N) is 1. The number of hydrogen-bond acceptors (Lipinski definition) is 5. The summed E-state index contributed by atoms with van der Waals surface area (Å²) in [5.41, 5.74) is 9.22. The van der Waals surface area contributed by atoms with Crippen LogP contribution in [0, 0.1) is 11.8 Å². The van der Waals surface area contributed by atoms with Crippen molar-refractivity contribution in [1.29, 1.82) is 0 Å². The van der Waals surface area contributed by atoms with Crippen LogP contribution in [0.5, 0.6) is 0 Å². The van der Waals surface area contributed by atoms with E-state index in [0.29, 0.717) is 17.2 Å². The zero-order valence-corrected chi connectivity index (χ0v) is 18.0. The van der Waals surface area contributed by atoms with Crippen molar-refractivity contribution in [2.45, 2.75) is 38.0 Å². The Morgan fingerprint density at radius 3 is 2.69 bits per heavy atom. The number of imidazole rings is 1. The van der Waals surface area contributed by atoms with Gasteiger partial charge >= 0.3 is 0 Å². The zero-order chi connectivity index (χ0) is 22.8. The van der Waals surface area contributed by atoms with Crippen LogP contribution in [0.25, 0.3) is 17.0 Å². The molecule has 1 amide bonds. The summed E-state index contributed by atoms with van der Waals surface area (Å²) in [7, 11) is 1.73. The lowest BCUT2D eigenvalue weighted by atomic mass is 9.86. The Morgan fingerprint density at radius 2 is 2.06 bits per heavy atom. The molecule has 0 spiro atoms. The molecule has 0 saturated carbocycles. The number of hydrogen-bond donors (Lipinski definition) is 3. The van der Waals surface area contributed by atoms with E-state index in [1.165, 1.54) is 5.57 Å². The second kappa shape index (κ2) is 6.92. The van der Waals surface area contributed by atoms with E-state index >= 15 is 0 Å². The van der Waals surface area contributed by atoms with Crippen molar-refractivity contribution in [2.75, 3.05) is 0 Å². The third-order valence-electron chi connectivity index (χ3n) is 5.85. The van der Waals surface area contributed by atoms with Crippen molar-refractivity contribution >= 4 is 11.5 Å². The Hall–Kier alpha value is -3.67. The van der Waals surface area contributed by atoms with Crippen LogP contribution in [-0.2, 0) is 7.05 Å². The van der Waals surface area contributed by atoms with Gasteiger partial charge in [0.1, 0.15) is 17.5 Å². The number of amides is 1.